The standard InChI is InChI=1S/C9H13NO6S/c1-9(2)5(8(13)14)10-6(12)4(3-11)7(10)17(9,15)16/h4-5,7,11H,3H2,1-2H3,(H,13,14)/t4?,5-,7+/m0/s1. The molecule has 2 aliphatic rings. The van der Waals surface area contributed by atoms with Crippen molar-refractivity contribution < 1.29 is 28.2 Å². The Labute approximate surface area is 97.9 Å². The molecule has 1 unspecified atom stereocenters. The number of aliphatic carboxylic acids is 1. The van der Waals surface area contributed by atoms with Crippen LogP contribution in [0.4, 0.5) is 0 Å². The van der Waals surface area contributed by atoms with Crippen LogP contribution in [0, 0.1) is 5.92 Å². The second-order valence-electron chi connectivity index (χ2n) is 4.81. The molecule has 0 aromatic heterocycles. The third kappa shape index (κ3) is 1.17. The topological polar surface area (TPSA) is 112 Å². The molecule has 1 amide bonds. The molecule has 3 atom stereocenters. The van der Waals surface area contributed by atoms with E-state index >= 15 is 0 Å². The molecule has 0 aromatic carbocycles. The van der Waals surface area contributed by atoms with Crippen LogP contribution in [0.15, 0.2) is 0 Å². The van der Waals surface area contributed by atoms with Crippen molar-refractivity contribution in [2.24, 2.45) is 5.92 Å². The molecule has 2 N–H and O–H groups in total. The third-order valence-corrected chi connectivity index (χ3v) is 6.49. The van der Waals surface area contributed by atoms with E-state index in [1.165, 1.54) is 13.8 Å². The third-order valence-electron chi connectivity index (χ3n) is 3.61. The van der Waals surface area contributed by atoms with Crippen LogP contribution in [0.1, 0.15) is 13.8 Å². The number of rotatable bonds is 2. The van der Waals surface area contributed by atoms with Crippen LogP contribution in [0.3, 0.4) is 0 Å². The number of aliphatic hydroxyl groups excluding tert-OH is 1. The molecule has 96 valence electrons. The minimum Gasteiger partial charge on any atom is -0.480 e. The van der Waals surface area contributed by atoms with Crippen LogP contribution in [0.2, 0.25) is 0 Å². The highest BCUT2D eigenvalue weighted by Crippen LogP contribution is 2.48. The quantitative estimate of drug-likeness (QED) is 0.582. The minimum atomic E-state index is -3.79. The lowest BCUT2D eigenvalue weighted by Gasteiger charge is -2.41. The molecule has 0 radical (unpaired) electrons. The van der Waals surface area contributed by atoms with Crippen molar-refractivity contribution in [2.45, 2.75) is 30.0 Å². The number of amides is 1. The van der Waals surface area contributed by atoms with Gasteiger partial charge in [0.15, 0.2) is 9.84 Å². The lowest BCUT2D eigenvalue weighted by atomic mass is 9.92. The molecular formula is C9H13NO6S. The van der Waals surface area contributed by atoms with Crippen molar-refractivity contribution in [1.29, 1.82) is 0 Å². The van der Waals surface area contributed by atoms with E-state index < -0.39 is 50.4 Å². The van der Waals surface area contributed by atoms with Crippen molar-refractivity contribution in [3.05, 3.63) is 0 Å². The number of carboxylic acid groups (broad SMARTS) is 1. The molecule has 2 saturated heterocycles. The van der Waals surface area contributed by atoms with E-state index in [1.54, 1.807) is 0 Å². The molecule has 0 saturated carbocycles. The van der Waals surface area contributed by atoms with E-state index in [4.69, 9.17) is 10.2 Å². The maximum atomic E-state index is 12.1. The molecule has 2 fully saturated rings. The summed E-state index contributed by atoms with van der Waals surface area (Å²) in [6.45, 7) is 2.00. The average Bonchev–Trinajstić information content (AvgIpc) is 2.32. The normalized spacial score (nSPS) is 37.5. The number of sulfone groups is 1. The number of aliphatic hydroxyl groups is 1. The first-order chi connectivity index (χ1) is 7.67. The first-order valence-corrected chi connectivity index (χ1v) is 6.62. The fourth-order valence-corrected chi connectivity index (χ4v) is 4.88. The van der Waals surface area contributed by atoms with Crippen LogP contribution in [-0.4, -0.2) is 58.2 Å². The van der Waals surface area contributed by atoms with Gasteiger partial charge in [-0.25, -0.2) is 13.2 Å². The number of carboxylic acids is 1. The highest BCUT2D eigenvalue weighted by Gasteiger charge is 2.71. The van der Waals surface area contributed by atoms with Crippen LogP contribution in [-0.2, 0) is 19.4 Å². The van der Waals surface area contributed by atoms with Crippen molar-refractivity contribution in [3.8, 4) is 0 Å². The highest BCUT2D eigenvalue weighted by molar-refractivity contribution is 7.93. The predicted molar refractivity (Wildman–Crippen MR) is 55.6 cm³/mol. The molecule has 0 spiro atoms. The minimum absolute atomic E-state index is 0.582. The van der Waals surface area contributed by atoms with Gasteiger partial charge in [-0.15, -0.1) is 0 Å². The molecule has 0 aliphatic carbocycles. The molecule has 2 aliphatic heterocycles. The Balaban J connectivity index is 2.56. The zero-order chi connectivity index (χ0) is 13.2. The first kappa shape index (κ1) is 12.3. The Morgan fingerprint density at radius 3 is 2.41 bits per heavy atom. The van der Waals surface area contributed by atoms with Crippen LogP contribution >= 0.6 is 0 Å². The number of fused-ring (bicyclic) bond motifs is 1. The van der Waals surface area contributed by atoms with Gasteiger partial charge in [0.2, 0.25) is 5.91 Å². The van der Waals surface area contributed by atoms with E-state index in [0.29, 0.717) is 0 Å². The first-order valence-electron chi connectivity index (χ1n) is 5.07. The van der Waals surface area contributed by atoms with Crippen LogP contribution in [0.25, 0.3) is 0 Å². The zero-order valence-electron chi connectivity index (χ0n) is 9.32. The lowest BCUT2D eigenvalue weighted by Crippen LogP contribution is -2.64. The van der Waals surface area contributed by atoms with E-state index in [1.807, 2.05) is 0 Å². The van der Waals surface area contributed by atoms with E-state index in [2.05, 4.69) is 0 Å². The van der Waals surface area contributed by atoms with Gasteiger partial charge in [-0.3, -0.25) is 4.79 Å². The highest BCUT2D eigenvalue weighted by atomic mass is 32.2. The fraction of sp³-hybridized carbons (Fsp3) is 0.778. The smallest absolute Gasteiger partial charge is 0.328 e. The second-order valence-corrected chi connectivity index (χ2v) is 7.44. The predicted octanol–water partition coefficient (Wildman–Crippen LogP) is -1.58. The summed E-state index contributed by atoms with van der Waals surface area (Å²) in [6, 6.07) is -1.38. The van der Waals surface area contributed by atoms with Gasteiger partial charge in [0.1, 0.15) is 11.4 Å². The van der Waals surface area contributed by atoms with E-state index in [-0.39, 0.29) is 0 Å². The van der Waals surface area contributed by atoms with Gasteiger partial charge in [0, 0.05) is 0 Å². The van der Waals surface area contributed by atoms with Gasteiger partial charge < -0.3 is 15.1 Å². The number of hydrogen-bond donors (Lipinski definition) is 2. The lowest BCUT2D eigenvalue weighted by molar-refractivity contribution is -0.165. The number of nitrogens with zero attached hydrogens (tertiary/aromatic N) is 1. The molecule has 8 heteroatoms. The number of carbonyl (C=O) groups is 2. The largest absolute Gasteiger partial charge is 0.480 e. The van der Waals surface area contributed by atoms with Gasteiger partial charge in [-0.2, -0.15) is 0 Å². The molecule has 0 bridgehead atoms. The van der Waals surface area contributed by atoms with Crippen molar-refractivity contribution in [2.75, 3.05) is 6.61 Å². The molecule has 7 nitrogen and oxygen atoms in total. The molecule has 2 rings (SSSR count). The van der Waals surface area contributed by atoms with Crippen molar-refractivity contribution in [3.63, 3.8) is 0 Å². The summed E-state index contributed by atoms with van der Waals surface area (Å²) < 4.78 is 22.7. The Kier molecular flexibility index (Phi) is 2.32. The molecule has 0 aromatic rings. The SMILES string of the molecule is CC1(C)[C@H](C(=O)O)N2C(=O)C(CO)[C@H]2S1(=O)=O. The summed E-state index contributed by atoms with van der Waals surface area (Å²) in [6.07, 6.45) is 0. The maximum absolute atomic E-state index is 12.1. The Hall–Kier alpha value is -1.15. The number of hydrogen-bond acceptors (Lipinski definition) is 5. The van der Waals surface area contributed by atoms with E-state index in [9.17, 15) is 18.0 Å². The van der Waals surface area contributed by atoms with Gasteiger partial charge in [0.25, 0.3) is 0 Å². The van der Waals surface area contributed by atoms with Crippen LogP contribution < -0.4 is 0 Å². The van der Waals surface area contributed by atoms with Gasteiger partial charge >= 0.3 is 5.97 Å². The van der Waals surface area contributed by atoms with Gasteiger partial charge in [-0.1, -0.05) is 0 Å². The summed E-state index contributed by atoms with van der Waals surface area (Å²) in [5, 5.41) is 16.8. The maximum Gasteiger partial charge on any atom is 0.328 e. The molecular weight excluding hydrogens is 250 g/mol. The summed E-state index contributed by atoms with van der Waals surface area (Å²) in [5.74, 6) is -2.98. The van der Waals surface area contributed by atoms with Crippen molar-refractivity contribution >= 4 is 21.7 Å². The average molecular weight is 263 g/mol. The van der Waals surface area contributed by atoms with Gasteiger partial charge in [-0.05, 0) is 13.8 Å². The monoisotopic (exact) mass is 263 g/mol. The number of carbonyl (C=O) groups excluding carboxylic acids is 1. The Morgan fingerprint density at radius 1 is 1.47 bits per heavy atom. The summed E-state index contributed by atoms with van der Waals surface area (Å²) in [7, 11) is -3.79. The second kappa shape index (κ2) is 3.20. The summed E-state index contributed by atoms with van der Waals surface area (Å²) in [5.41, 5.74) is 0. The van der Waals surface area contributed by atoms with Crippen LogP contribution in [0.5, 0.6) is 0 Å². The summed E-state index contributed by atoms with van der Waals surface area (Å²) >= 11 is 0. The fourth-order valence-electron chi connectivity index (χ4n) is 2.58. The number of β-lactam (4-membered cyclic amide) rings is 1. The Bertz CT molecular complexity index is 496. The van der Waals surface area contributed by atoms with Gasteiger partial charge in [0.05, 0.1) is 17.3 Å². The zero-order valence-corrected chi connectivity index (χ0v) is 10.1. The molecule has 17 heavy (non-hydrogen) atoms. The summed E-state index contributed by atoms with van der Waals surface area (Å²) in [4.78, 5) is 23.6. The molecule has 2 heterocycles. The Morgan fingerprint density at radius 2 is 2.00 bits per heavy atom. The van der Waals surface area contributed by atoms with Crippen molar-refractivity contribution in [1.82, 2.24) is 4.90 Å². The van der Waals surface area contributed by atoms with E-state index in [0.717, 1.165) is 4.90 Å².